The molecular formula is C71H120O6. The topological polar surface area (TPSA) is 78.9 Å². The Morgan fingerprint density at radius 2 is 0.558 bits per heavy atom. The summed E-state index contributed by atoms with van der Waals surface area (Å²) in [6.07, 6.45) is 88.4. The van der Waals surface area contributed by atoms with Crippen LogP contribution in [0.1, 0.15) is 303 Å². The van der Waals surface area contributed by atoms with E-state index in [1.165, 1.54) is 173 Å². The normalized spacial score (nSPS) is 12.8. The molecular weight excluding hydrogens is 949 g/mol. The van der Waals surface area contributed by atoms with E-state index in [1.54, 1.807) is 6.08 Å². The van der Waals surface area contributed by atoms with Crippen LogP contribution in [0.5, 0.6) is 0 Å². The third-order valence-electron chi connectivity index (χ3n) is 13.8. The Bertz CT molecular complexity index is 1560. The molecule has 6 nitrogen and oxygen atoms in total. The molecule has 0 aliphatic carbocycles. The maximum atomic E-state index is 12.9. The fourth-order valence-electron chi connectivity index (χ4n) is 8.93. The quantitative estimate of drug-likeness (QED) is 0.0261. The minimum absolute atomic E-state index is 0.111. The van der Waals surface area contributed by atoms with Crippen molar-refractivity contribution in [3.05, 3.63) is 109 Å². The highest BCUT2D eigenvalue weighted by molar-refractivity contribution is 5.72. The molecule has 0 spiro atoms. The van der Waals surface area contributed by atoms with Gasteiger partial charge in [0.15, 0.2) is 6.10 Å². The average Bonchev–Trinajstić information content (AvgIpc) is 3.43. The SMILES string of the molecule is CC/C=C\C/C=C\C/C=C\C/C=C\C/C=C\CC(=O)OCC(COC(=O)CCCCCCCCCCCCCCCCC/C=C\C/C=C\CCCCCCC)OC(=O)CCCCCCCCC/C=C\C/C=C\CCCCC. The van der Waals surface area contributed by atoms with Gasteiger partial charge in [-0.2, -0.15) is 0 Å². The Morgan fingerprint density at radius 3 is 0.935 bits per heavy atom. The highest BCUT2D eigenvalue weighted by Crippen LogP contribution is 2.16. The van der Waals surface area contributed by atoms with E-state index in [2.05, 4.69) is 118 Å². The fourth-order valence-corrected chi connectivity index (χ4v) is 8.93. The number of hydrogen-bond acceptors (Lipinski definition) is 6. The molecule has 77 heavy (non-hydrogen) atoms. The van der Waals surface area contributed by atoms with Crippen molar-refractivity contribution >= 4 is 17.9 Å². The van der Waals surface area contributed by atoms with Crippen LogP contribution in [0.2, 0.25) is 0 Å². The monoisotopic (exact) mass is 1070 g/mol. The number of ether oxygens (including phenoxy) is 3. The number of unbranched alkanes of at least 4 members (excludes halogenated alkanes) is 30. The summed E-state index contributed by atoms with van der Waals surface area (Å²) in [4.78, 5) is 38.2. The van der Waals surface area contributed by atoms with Crippen LogP contribution in [-0.2, 0) is 28.6 Å². The fraction of sp³-hybridized carbons (Fsp3) is 0.704. The molecule has 0 aliphatic heterocycles. The van der Waals surface area contributed by atoms with E-state index in [-0.39, 0.29) is 31.6 Å². The van der Waals surface area contributed by atoms with E-state index in [1.807, 2.05) is 6.08 Å². The van der Waals surface area contributed by atoms with Crippen molar-refractivity contribution in [2.24, 2.45) is 0 Å². The highest BCUT2D eigenvalue weighted by atomic mass is 16.6. The van der Waals surface area contributed by atoms with E-state index in [4.69, 9.17) is 14.2 Å². The first-order valence-electron chi connectivity index (χ1n) is 32.4. The summed E-state index contributed by atoms with van der Waals surface area (Å²) in [5, 5.41) is 0. The van der Waals surface area contributed by atoms with E-state index in [0.717, 1.165) is 89.9 Å². The molecule has 0 radical (unpaired) electrons. The van der Waals surface area contributed by atoms with Crippen LogP contribution in [0.3, 0.4) is 0 Å². The van der Waals surface area contributed by atoms with E-state index >= 15 is 0 Å². The predicted molar refractivity (Wildman–Crippen MR) is 334 cm³/mol. The zero-order valence-corrected chi connectivity index (χ0v) is 50.4. The second-order valence-corrected chi connectivity index (χ2v) is 21.3. The largest absolute Gasteiger partial charge is 0.462 e. The van der Waals surface area contributed by atoms with Crippen molar-refractivity contribution in [3.63, 3.8) is 0 Å². The van der Waals surface area contributed by atoms with Gasteiger partial charge in [-0.1, -0.05) is 284 Å². The number of esters is 3. The van der Waals surface area contributed by atoms with Crippen molar-refractivity contribution in [1.82, 2.24) is 0 Å². The van der Waals surface area contributed by atoms with Gasteiger partial charge in [0.25, 0.3) is 0 Å². The van der Waals surface area contributed by atoms with Gasteiger partial charge in [-0.15, -0.1) is 0 Å². The molecule has 6 heteroatoms. The predicted octanol–water partition coefficient (Wildman–Crippen LogP) is 22.2. The molecule has 0 saturated carbocycles. The van der Waals surface area contributed by atoms with Gasteiger partial charge in [-0.25, -0.2) is 0 Å². The lowest BCUT2D eigenvalue weighted by atomic mass is 10.0. The maximum absolute atomic E-state index is 12.9. The van der Waals surface area contributed by atoms with E-state index < -0.39 is 12.1 Å². The molecule has 0 amide bonds. The lowest BCUT2D eigenvalue weighted by molar-refractivity contribution is -0.166. The summed E-state index contributed by atoms with van der Waals surface area (Å²) >= 11 is 0. The van der Waals surface area contributed by atoms with Crippen LogP contribution in [0, 0.1) is 0 Å². The van der Waals surface area contributed by atoms with E-state index in [0.29, 0.717) is 12.8 Å². The lowest BCUT2D eigenvalue weighted by Gasteiger charge is -2.18. The molecule has 0 aromatic rings. The number of carbonyl (C=O) groups excluding carboxylic acids is 3. The van der Waals surface area contributed by atoms with Gasteiger partial charge in [0.05, 0.1) is 6.42 Å². The van der Waals surface area contributed by atoms with Crippen LogP contribution in [0.15, 0.2) is 109 Å². The molecule has 0 rings (SSSR count). The van der Waals surface area contributed by atoms with Crippen molar-refractivity contribution in [2.75, 3.05) is 13.2 Å². The number of rotatable bonds is 58. The number of allylic oxidation sites excluding steroid dienone is 17. The molecule has 0 aromatic carbocycles. The standard InChI is InChI=1S/C71H120O6/c1-4-7-10-13-16-19-22-25-28-30-31-32-33-34-35-36-37-38-39-41-43-46-49-52-55-58-61-64-70(73)76-67-68(66-75-69(72)63-60-57-54-51-48-45-42-27-24-21-18-15-12-9-6-3)77-71(74)65-62-59-56-53-50-47-44-40-29-26-23-20-17-14-11-8-5-2/h9,12,17-18,20-22,25-27,29-31,42,48,51,57,60,68H,4-8,10-11,13-16,19,23-24,28,32-41,43-47,49-50,52-56,58-59,61-67H2,1-3H3/b12-9-,20-17-,21-18-,25-22-,29-26-,31-30-,42-27-,51-48-,60-57-. The summed E-state index contributed by atoms with van der Waals surface area (Å²) in [5.41, 5.74) is 0. The lowest BCUT2D eigenvalue weighted by Crippen LogP contribution is -2.30. The third kappa shape index (κ3) is 62.8. The molecule has 1 unspecified atom stereocenters. The Hall–Kier alpha value is -3.93. The molecule has 1 atom stereocenters. The van der Waals surface area contributed by atoms with Crippen molar-refractivity contribution in [3.8, 4) is 0 Å². The van der Waals surface area contributed by atoms with Crippen LogP contribution in [0.25, 0.3) is 0 Å². The van der Waals surface area contributed by atoms with Crippen molar-refractivity contribution < 1.29 is 28.6 Å². The molecule has 0 aliphatic rings. The van der Waals surface area contributed by atoms with Crippen LogP contribution >= 0.6 is 0 Å². The highest BCUT2D eigenvalue weighted by Gasteiger charge is 2.19. The summed E-state index contributed by atoms with van der Waals surface area (Å²) in [5.74, 6) is -1.05. The van der Waals surface area contributed by atoms with Gasteiger partial charge >= 0.3 is 17.9 Å². The molecule has 440 valence electrons. The first-order chi connectivity index (χ1) is 38.0. The molecule has 0 bridgehead atoms. The summed E-state index contributed by atoms with van der Waals surface area (Å²) in [6, 6.07) is 0. The van der Waals surface area contributed by atoms with Gasteiger partial charge < -0.3 is 14.2 Å². The molecule has 0 fully saturated rings. The maximum Gasteiger partial charge on any atom is 0.309 e. The Kier molecular flexibility index (Phi) is 61.3. The van der Waals surface area contributed by atoms with Crippen LogP contribution in [0.4, 0.5) is 0 Å². The molecule has 0 heterocycles. The summed E-state index contributed by atoms with van der Waals surface area (Å²) in [6.45, 7) is 6.42. The Morgan fingerprint density at radius 1 is 0.286 bits per heavy atom. The van der Waals surface area contributed by atoms with Gasteiger partial charge in [-0.3, -0.25) is 14.4 Å². The van der Waals surface area contributed by atoms with Gasteiger partial charge in [0, 0.05) is 12.8 Å². The first-order valence-corrected chi connectivity index (χ1v) is 32.4. The first kappa shape index (κ1) is 73.1. The van der Waals surface area contributed by atoms with Gasteiger partial charge in [0.2, 0.25) is 0 Å². The molecule has 0 aromatic heterocycles. The molecule has 0 saturated heterocycles. The minimum atomic E-state index is -0.824. The Labute approximate surface area is 476 Å². The third-order valence-corrected chi connectivity index (χ3v) is 13.8. The second kappa shape index (κ2) is 64.6. The summed E-state index contributed by atoms with van der Waals surface area (Å²) in [7, 11) is 0. The van der Waals surface area contributed by atoms with Crippen molar-refractivity contribution in [1.29, 1.82) is 0 Å². The minimum Gasteiger partial charge on any atom is -0.462 e. The summed E-state index contributed by atoms with van der Waals surface area (Å²) < 4.78 is 16.8. The molecule has 0 N–H and O–H groups in total. The van der Waals surface area contributed by atoms with Crippen LogP contribution < -0.4 is 0 Å². The Balaban J connectivity index is 4.36. The second-order valence-electron chi connectivity index (χ2n) is 21.3. The zero-order valence-electron chi connectivity index (χ0n) is 50.4. The van der Waals surface area contributed by atoms with E-state index in [9.17, 15) is 14.4 Å². The number of carbonyl (C=O) groups is 3. The van der Waals surface area contributed by atoms with Crippen LogP contribution in [-0.4, -0.2) is 37.2 Å². The van der Waals surface area contributed by atoms with Crippen molar-refractivity contribution in [2.45, 2.75) is 309 Å². The van der Waals surface area contributed by atoms with Gasteiger partial charge in [-0.05, 0) is 109 Å². The average molecular weight is 1070 g/mol. The smallest absolute Gasteiger partial charge is 0.309 e. The zero-order chi connectivity index (χ0) is 55.7. The number of hydrogen-bond donors (Lipinski definition) is 0. The van der Waals surface area contributed by atoms with Gasteiger partial charge in [0.1, 0.15) is 13.2 Å².